The van der Waals surface area contributed by atoms with Gasteiger partial charge in [-0.25, -0.2) is 0 Å². The fourth-order valence-electron chi connectivity index (χ4n) is 2.78. The Morgan fingerprint density at radius 1 is 1.25 bits per heavy atom. The van der Waals surface area contributed by atoms with E-state index in [4.69, 9.17) is 21.1 Å². The second-order valence-corrected chi connectivity index (χ2v) is 6.31. The average molecular weight is 356 g/mol. The number of nitrogens with one attached hydrogen (secondary N) is 2. The molecule has 0 unspecified atom stereocenters. The molecule has 6 nitrogen and oxygen atoms in total. The average Bonchev–Trinajstić information content (AvgIpc) is 2.60. The van der Waals surface area contributed by atoms with Gasteiger partial charge in [-0.1, -0.05) is 11.6 Å². The maximum Gasteiger partial charge on any atom is 0.309 e. The van der Waals surface area contributed by atoms with Gasteiger partial charge in [0.25, 0.3) is 5.91 Å². The molecule has 1 aliphatic rings. The summed E-state index contributed by atoms with van der Waals surface area (Å²) >= 11 is 5.80. The number of piperidine rings is 1. The summed E-state index contributed by atoms with van der Waals surface area (Å²) in [6.07, 6.45) is 1.55. The van der Waals surface area contributed by atoms with Crippen LogP contribution >= 0.6 is 11.6 Å². The number of ether oxygens (including phenoxy) is 2. The molecule has 1 aliphatic heterocycles. The Balaban J connectivity index is 1.58. The van der Waals surface area contributed by atoms with Gasteiger partial charge in [0.05, 0.1) is 32.7 Å². The molecule has 0 aromatic heterocycles. The number of esters is 1. The molecule has 24 heavy (non-hydrogen) atoms. The van der Waals surface area contributed by atoms with Gasteiger partial charge in [0.15, 0.2) is 6.54 Å². The summed E-state index contributed by atoms with van der Waals surface area (Å²) in [6.45, 7) is 2.92. The van der Waals surface area contributed by atoms with Crippen LogP contribution in [0.4, 0.5) is 0 Å². The third-order valence-electron chi connectivity index (χ3n) is 4.14. The van der Waals surface area contributed by atoms with Crippen LogP contribution in [-0.2, 0) is 14.3 Å². The van der Waals surface area contributed by atoms with Crippen LogP contribution < -0.4 is 15.0 Å². The molecule has 132 valence electrons. The number of carbonyl (C=O) groups is 2. The van der Waals surface area contributed by atoms with Gasteiger partial charge in [0, 0.05) is 17.9 Å². The molecule has 1 saturated heterocycles. The van der Waals surface area contributed by atoms with Gasteiger partial charge in [-0.3, -0.25) is 9.59 Å². The lowest BCUT2D eigenvalue weighted by Gasteiger charge is -2.27. The van der Waals surface area contributed by atoms with E-state index in [0.29, 0.717) is 24.7 Å². The van der Waals surface area contributed by atoms with E-state index in [1.807, 2.05) is 0 Å². The Hall–Kier alpha value is -1.79. The highest BCUT2D eigenvalue weighted by Crippen LogP contribution is 2.15. The van der Waals surface area contributed by atoms with Gasteiger partial charge in [-0.2, -0.15) is 0 Å². The van der Waals surface area contributed by atoms with Gasteiger partial charge in [0.2, 0.25) is 0 Å². The number of rotatable bonds is 7. The minimum atomic E-state index is -0.141. The summed E-state index contributed by atoms with van der Waals surface area (Å²) in [5.41, 5.74) is 0. The molecule has 1 aromatic rings. The van der Waals surface area contributed by atoms with Crippen molar-refractivity contribution >= 4 is 23.5 Å². The van der Waals surface area contributed by atoms with Crippen molar-refractivity contribution in [2.75, 3.05) is 39.9 Å². The zero-order valence-corrected chi connectivity index (χ0v) is 14.6. The van der Waals surface area contributed by atoms with Crippen LogP contribution in [0.3, 0.4) is 0 Å². The van der Waals surface area contributed by atoms with Gasteiger partial charge in [-0.05, 0) is 24.3 Å². The Morgan fingerprint density at radius 3 is 2.54 bits per heavy atom. The summed E-state index contributed by atoms with van der Waals surface area (Å²) in [5.74, 6) is 0.567. The molecule has 1 amide bonds. The van der Waals surface area contributed by atoms with Gasteiger partial charge >= 0.3 is 5.97 Å². The summed E-state index contributed by atoms with van der Waals surface area (Å²) < 4.78 is 10.3. The molecule has 0 bridgehead atoms. The number of hydrogen-bond donors (Lipinski definition) is 2. The van der Waals surface area contributed by atoms with E-state index in [0.717, 1.165) is 31.7 Å². The van der Waals surface area contributed by atoms with Crippen molar-refractivity contribution in [2.45, 2.75) is 12.8 Å². The molecule has 0 atom stereocenters. The normalized spacial score (nSPS) is 20.2. The predicted molar refractivity (Wildman–Crippen MR) is 90.3 cm³/mol. The minimum Gasteiger partial charge on any atom is -0.492 e. The Labute approximate surface area is 147 Å². The lowest BCUT2D eigenvalue weighted by atomic mass is 9.97. The highest BCUT2D eigenvalue weighted by atomic mass is 35.5. The standard InChI is InChI=1S/C17H23ClN2O4/c1-23-17(22)13-6-9-20(10-7-13)12-16(21)19-8-11-24-15-4-2-14(18)3-5-15/h2-5,13H,6-12H2,1H3,(H,19,21)/p+1. The zero-order valence-electron chi connectivity index (χ0n) is 13.8. The number of halogens is 1. The van der Waals surface area contributed by atoms with Crippen LogP contribution in [0, 0.1) is 5.92 Å². The van der Waals surface area contributed by atoms with E-state index in [1.165, 1.54) is 12.0 Å². The second kappa shape index (κ2) is 9.49. The van der Waals surface area contributed by atoms with Crippen molar-refractivity contribution in [2.24, 2.45) is 5.92 Å². The van der Waals surface area contributed by atoms with Crippen molar-refractivity contribution in [3.05, 3.63) is 29.3 Å². The lowest BCUT2D eigenvalue weighted by molar-refractivity contribution is -0.897. The largest absolute Gasteiger partial charge is 0.492 e. The summed E-state index contributed by atoms with van der Waals surface area (Å²) in [4.78, 5) is 24.6. The van der Waals surface area contributed by atoms with Crippen molar-refractivity contribution in [3.63, 3.8) is 0 Å². The number of methoxy groups -OCH3 is 1. The van der Waals surface area contributed by atoms with E-state index < -0.39 is 0 Å². The van der Waals surface area contributed by atoms with E-state index in [1.54, 1.807) is 24.3 Å². The molecule has 2 N–H and O–H groups in total. The van der Waals surface area contributed by atoms with Crippen LogP contribution in [-0.4, -0.2) is 51.8 Å². The Morgan fingerprint density at radius 2 is 1.92 bits per heavy atom. The number of quaternary nitrogens is 1. The molecule has 1 aromatic carbocycles. The fraction of sp³-hybridized carbons (Fsp3) is 0.529. The van der Waals surface area contributed by atoms with Crippen LogP contribution in [0.1, 0.15) is 12.8 Å². The van der Waals surface area contributed by atoms with Crippen molar-refractivity contribution in [3.8, 4) is 5.75 Å². The zero-order chi connectivity index (χ0) is 17.4. The first-order chi connectivity index (χ1) is 11.6. The molecular weight excluding hydrogens is 332 g/mol. The second-order valence-electron chi connectivity index (χ2n) is 5.88. The van der Waals surface area contributed by atoms with Crippen LogP contribution in [0.15, 0.2) is 24.3 Å². The van der Waals surface area contributed by atoms with Crippen LogP contribution in [0.25, 0.3) is 0 Å². The lowest BCUT2D eigenvalue weighted by Crippen LogP contribution is -3.14. The number of amides is 1. The Bertz CT molecular complexity index is 542. The van der Waals surface area contributed by atoms with Gasteiger partial charge < -0.3 is 19.7 Å². The third kappa shape index (κ3) is 6.02. The number of hydrogen-bond acceptors (Lipinski definition) is 4. The van der Waals surface area contributed by atoms with E-state index in [2.05, 4.69) is 5.32 Å². The first kappa shape index (κ1) is 18.5. The van der Waals surface area contributed by atoms with Crippen molar-refractivity contribution in [1.82, 2.24) is 5.32 Å². The van der Waals surface area contributed by atoms with Gasteiger partial charge in [0.1, 0.15) is 12.4 Å². The molecular formula is C17H24ClN2O4+. The maximum absolute atomic E-state index is 11.9. The van der Waals surface area contributed by atoms with Crippen molar-refractivity contribution in [1.29, 1.82) is 0 Å². The van der Waals surface area contributed by atoms with Crippen LogP contribution in [0.5, 0.6) is 5.75 Å². The molecule has 0 aliphatic carbocycles. The summed E-state index contributed by atoms with van der Waals surface area (Å²) in [6, 6.07) is 7.10. The molecule has 0 spiro atoms. The smallest absolute Gasteiger partial charge is 0.309 e. The number of carbonyl (C=O) groups excluding carboxylic acids is 2. The first-order valence-electron chi connectivity index (χ1n) is 8.15. The number of likely N-dealkylation sites (tertiary alicyclic amines) is 1. The molecule has 2 rings (SSSR count). The SMILES string of the molecule is COC(=O)C1CC[NH+](CC(=O)NCCOc2ccc(Cl)cc2)CC1. The van der Waals surface area contributed by atoms with E-state index >= 15 is 0 Å². The molecule has 0 radical (unpaired) electrons. The van der Waals surface area contributed by atoms with Gasteiger partial charge in [-0.15, -0.1) is 0 Å². The quantitative estimate of drug-likeness (QED) is 0.545. The van der Waals surface area contributed by atoms with E-state index in [9.17, 15) is 9.59 Å². The highest BCUT2D eigenvalue weighted by molar-refractivity contribution is 6.30. The Kier molecular flexibility index (Phi) is 7.34. The predicted octanol–water partition coefficient (Wildman–Crippen LogP) is 0.303. The molecule has 7 heteroatoms. The van der Waals surface area contributed by atoms with Crippen LogP contribution in [0.2, 0.25) is 5.02 Å². The minimum absolute atomic E-state index is 0.00113. The molecule has 1 heterocycles. The van der Waals surface area contributed by atoms with Crippen molar-refractivity contribution < 1.29 is 24.0 Å². The first-order valence-corrected chi connectivity index (χ1v) is 8.52. The maximum atomic E-state index is 11.9. The highest BCUT2D eigenvalue weighted by Gasteiger charge is 2.28. The fourth-order valence-corrected chi connectivity index (χ4v) is 2.91. The summed E-state index contributed by atoms with van der Waals surface area (Å²) in [5, 5.41) is 3.52. The van der Waals surface area contributed by atoms with E-state index in [-0.39, 0.29) is 17.8 Å². The molecule has 0 saturated carbocycles. The third-order valence-corrected chi connectivity index (χ3v) is 4.40. The number of benzene rings is 1. The monoisotopic (exact) mass is 355 g/mol. The topological polar surface area (TPSA) is 69.1 Å². The summed E-state index contributed by atoms with van der Waals surface area (Å²) in [7, 11) is 1.42. The molecule has 1 fully saturated rings.